The van der Waals surface area contributed by atoms with Crippen molar-refractivity contribution in [1.29, 1.82) is 0 Å². The molecule has 1 fully saturated rings. The molecule has 7 nitrogen and oxygen atoms in total. The number of piperidine rings is 1. The molecule has 0 radical (unpaired) electrons. The van der Waals surface area contributed by atoms with Crippen molar-refractivity contribution < 1.29 is 12.9 Å². The second kappa shape index (κ2) is 9.26. The summed E-state index contributed by atoms with van der Waals surface area (Å²) in [6.07, 6.45) is 2.35. The van der Waals surface area contributed by atoms with Crippen LogP contribution in [0.5, 0.6) is 0 Å². The molecule has 4 rings (SSSR count). The minimum absolute atomic E-state index is 0.117. The molecule has 0 aliphatic carbocycles. The number of likely N-dealkylation sites (tertiary alicyclic amines) is 1. The Morgan fingerprint density at radius 2 is 2.00 bits per heavy atom. The monoisotopic (exact) mass is 446 g/mol. The fourth-order valence-corrected chi connectivity index (χ4v) is 5.07. The summed E-state index contributed by atoms with van der Waals surface area (Å²) in [4.78, 5) is 6.97. The van der Waals surface area contributed by atoms with Crippen LogP contribution in [0.4, 0.5) is 0 Å². The lowest BCUT2D eigenvalue weighted by Gasteiger charge is -2.32. The van der Waals surface area contributed by atoms with Gasteiger partial charge in [-0.2, -0.15) is 4.98 Å². The molecule has 30 heavy (non-hydrogen) atoms. The van der Waals surface area contributed by atoms with Crippen molar-refractivity contribution in [1.82, 2.24) is 19.8 Å². The van der Waals surface area contributed by atoms with E-state index in [4.69, 9.17) is 16.1 Å². The Balaban J connectivity index is 1.33. The summed E-state index contributed by atoms with van der Waals surface area (Å²) in [6, 6.07) is 15.7. The van der Waals surface area contributed by atoms with E-state index in [-0.39, 0.29) is 6.04 Å². The van der Waals surface area contributed by atoms with Gasteiger partial charge in [-0.15, -0.1) is 0 Å². The number of nitrogens with one attached hydrogen (secondary N) is 1. The van der Waals surface area contributed by atoms with Gasteiger partial charge in [0.25, 0.3) is 0 Å². The van der Waals surface area contributed by atoms with Crippen LogP contribution in [0, 0.1) is 0 Å². The molecule has 1 aromatic heterocycles. The topological polar surface area (TPSA) is 88.3 Å². The summed E-state index contributed by atoms with van der Waals surface area (Å²) < 4.78 is 33.4. The number of aromatic nitrogens is 2. The quantitative estimate of drug-likeness (QED) is 0.598. The van der Waals surface area contributed by atoms with Gasteiger partial charge in [-0.25, -0.2) is 13.1 Å². The minimum Gasteiger partial charge on any atom is -0.339 e. The van der Waals surface area contributed by atoms with E-state index in [1.165, 1.54) is 0 Å². The van der Waals surface area contributed by atoms with Gasteiger partial charge in [0.1, 0.15) is 0 Å². The fraction of sp³-hybridized carbons (Fsp3) is 0.333. The summed E-state index contributed by atoms with van der Waals surface area (Å²) >= 11 is 6.02. The van der Waals surface area contributed by atoms with Crippen molar-refractivity contribution in [2.75, 3.05) is 19.6 Å². The Labute approximate surface area is 181 Å². The summed E-state index contributed by atoms with van der Waals surface area (Å²) in [5.41, 5.74) is 0.811. The molecular formula is C21H23ClN4O3S. The van der Waals surface area contributed by atoms with Crippen molar-refractivity contribution >= 4 is 21.6 Å². The van der Waals surface area contributed by atoms with Gasteiger partial charge in [0.15, 0.2) is 0 Å². The first-order chi connectivity index (χ1) is 14.5. The zero-order chi connectivity index (χ0) is 21.0. The summed E-state index contributed by atoms with van der Waals surface area (Å²) in [6.45, 7) is 2.29. The van der Waals surface area contributed by atoms with Gasteiger partial charge >= 0.3 is 0 Å². The molecule has 1 N–H and O–H groups in total. The number of benzene rings is 2. The zero-order valence-corrected chi connectivity index (χ0v) is 17.9. The first-order valence-corrected chi connectivity index (χ1v) is 11.7. The van der Waals surface area contributed by atoms with Gasteiger partial charge in [-0.05, 0) is 43.7 Å². The number of halogens is 1. The van der Waals surface area contributed by atoms with E-state index < -0.39 is 10.0 Å². The Hall–Kier alpha value is -2.26. The van der Waals surface area contributed by atoms with E-state index in [9.17, 15) is 8.42 Å². The van der Waals surface area contributed by atoms with Crippen LogP contribution in [0.1, 0.15) is 18.7 Å². The number of nitrogens with zero attached hydrogens (tertiary/aromatic N) is 3. The van der Waals surface area contributed by atoms with E-state index in [0.29, 0.717) is 34.6 Å². The average Bonchev–Trinajstić information content (AvgIpc) is 3.22. The minimum atomic E-state index is -3.51. The molecule has 0 bridgehead atoms. The number of hydrogen-bond donors (Lipinski definition) is 1. The predicted octanol–water partition coefficient (Wildman–Crippen LogP) is 3.38. The highest BCUT2D eigenvalue weighted by molar-refractivity contribution is 7.89. The fourth-order valence-electron chi connectivity index (χ4n) is 3.60. The van der Waals surface area contributed by atoms with Crippen molar-refractivity contribution in [3.63, 3.8) is 0 Å². The van der Waals surface area contributed by atoms with Crippen LogP contribution < -0.4 is 4.72 Å². The molecule has 2 aromatic carbocycles. The van der Waals surface area contributed by atoms with Crippen molar-refractivity contribution in [3.8, 4) is 11.4 Å². The first-order valence-electron chi connectivity index (χ1n) is 9.88. The maximum Gasteiger partial charge on any atom is 0.240 e. The van der Waals surface area contributed by atoms with Gasteiger partial charge in [0, 0.05) is 36.1 Å². The molecule has 0 amide bonds. The van der Waals surface area contributed by atoms with Crippen LogP contribution in [0.2, 0.25) is 5.02 Å². The van der Waals surface area contributed by atoms with Gasteiger partial charge in [-0.3, -0.25) is 0 Å². The Bertz CT molecular complexity index is 1090. The predicted molar refractivity (Wildman–Crippen MR) is 115 cm³/mol. The van der Waals surface area contributed by atoms with E-state index in [0.717, 1.165) is 31.5 Å². The van der Waals surface area contributed by atoms with E-state index in [1.54, 1.807) is 42.5 Å². The van der Waals surface area contributed by atoms with Crippen LogP contribution in [0.25, 0.3) is 11.4 Å². The van der Waals surface area contributed by atoms with Crippen LogP contribution in [0.3, 0.4) is 0 Å². The first kappa shape index (κ1) is 21.0. The summed E-state index contributed by atoms with van der Waals surface area (Å²) in [5, 5.41) is 4.65. The number of rotatable bonds is 7. The third-order valence-corrected chi connectivity index (χ3v) is 6.85. The SMILES string of the molecule is O=S(=O)(NC1CCCN(CCc2nc(-c3cccc(Cl)c3)no2)C1)c1ccccc1. The number of sulfonamides is 1. The smallest absolute Gasteiger partial charge is 0.240 e. The lowest BCUT2D eigenvalue weighted by molar-refractivity contribution is 0.198. The van der Waals surface area contributed by atoms with Crippen molar-refractivity contribution in [3.05, 3.63) is 65.5 Å². The maximum absolute atomic E-state index is 12.6. The van der Waals surface area contributed by atoms with Gasteiger partial charge < -0.3 is 9.42 Å². The third kappa shape index (κ3) is 5.26. The molecule has 3 aromatic rings. The lowest BCUT2D eigenvalue weighted by atomic mass is 10.1. The van der Waals surface area contributed by atoms with Crippen molar-refractivity contribution in [2.24, 2.45) is 0 Å². The van der Waals surface area contributed by atoms with Gasteiger partial charge in [-0.1, -0.05) is 47.1 Å². The second-order valence-electron chi connectivity index (χ2n) is 7.35. The highest BCUT2D eigenvalue weighted by Crippen LogP contribution is 2.20. The molecule has 1 aliphatic rings. The molecule has 1 saturated heterocycles. The molecule has 1 atom stereocenters. The maximum atomic E-state index is 12.6. The molecule has 158 valence electrons. The standard InChI is InChI=1S/C21H23ClN4O3S/c22-17-7-4-6-16(14-17)21-23-20(29-24-21)11-13-26-12-5-8-18(15-26)25-30(27,28)19-9-2-1-3-10-19/h1-4,6-7,9-10,14,18,25H,5,8,11-13,15H2. The third-order valence-electron chi connectivity index (χ3n) is 5.07. The molecule has 9 heteroatoms. The summed E-state index contributed by atoms with van der Waals surface area (Å²) in [5.74, 6) is 1.07. The Morgan fingerprint density at radius 3 is 2.80 bits per heavy atom. The molecule has 1 unspecified atom stereocenters. The molecule has 0 saturated carbocycles. The highest BCUT2D eigenvalue weighted by Gasteiger charge is 2.25. The molecule has 1 aliphatic heterocycles. The molecular weight excluding hydrogens is 424 g/mol. The van der Waals surface area contributed by atoms with E-state index in [1.807, 2.05) is 12.1 Å². The Morgan fingerprint density at radius 1 is 1.17 bits per heavy atom. The van der Waals surface area contributed by atoms with E-state index >= 15 is 0 Å². The van der Waals surface area contributed by atoms with Gasteiger partial charge in [0.2, 0.25) is 21.7 Å². The zero-order valence-electron chi connectivity index (χ0n) is 16.4. The van der Waals surface area contributed by atoms with Crippen LogP contribution in [0.15, 0.2) is 64.0 Å². The Kier molecular flexibility index (Phi) is 6.48. The van der Waals surface area contributed by atoms with Crippen LogP contribution in [-0.2, 0) is 16.4 Å². The lowest BCUT2D eigenvalue weighted by Crippen LogP contribution is -2.48. The molecule has 0 spiro atoms. The normalized spacial score (nSPS) is 17.8. The molecule has 2 heterocycles. The largest absolute Gasteiger partial charge is 0.339 e. The van der Waals surface area contributed by atoms with Crippen LogP contribution in [-0.4, -0.2) is 49.1 Å². The van der Waals surface area contributed by atoms with Crippen LogP contribution >= 0.6 is 11.6 Å². The van der Waals surface area contributed by atoms with Crippen molar-refractivity contribution in [2.45, 2.75) is 30.2 Å². The number of hydrogen-bond acceptors (Lipinski definition) is 6. The average molecular weight is 447 g/mol. The highest BCUT2D eigenvalue weighted by atomic mass is 35.5. The summed E-state index contributed by atoms with van der Waals surface area (Å²) in [7, 11) is -3.51. The second-order valence-corrected chi connectivity index (χ2v) is 9.50. The van der Waals surface area contributed by atoms with E-state index in [2.05, 4.69) is 19.8 Å². The van der Waals surface area contributed by atoms with Gasteiger partial charge in [0.05, 0.1) is 4.90 Å².